The Morgan fingerprint density at radius 1 is 1.28 bits per heavy atom. The van der Waals surface area contributed by atoms with Crippen LogP contribution in [-0.4, -0.2) is 49.1 Å². The van der Waals surface area contributed by atoms with Crippen molar-refractivity contribution in [2.24, 2.45) is 22.4 Å². The fourth-order valence-electron chi connectivity index (χ4n) is 2.27. The van der Waals surface area contributed by atoms with Crippen molar-refractivity contribution in [3.8, 4) is 0 Å². The molecule has 0 spiro atoms. The van der Waals surface area contributed by atoms with Crippen LogP contribution in [0.2, 0.25) is 0 Å². The zero-order valence-corrected chi connectivity index (χ0v) is 16.2. The zero-order chi connectivity index (χ0) is 19.5. The number of carbonyl (C=O) groups excluding carboxylic acids is 2. The lowest BCUT2D eigenvalue weighted by Crippen LogP contribution is -2.47. The molecular weight excluding hydrogens is 322 g/mol. The topological polar surface area (TPSA) is 132 Å². The van der Waals surface area contributed by atoms with Crippen LogP contribution in [0.5, 0.6) is 0 Å². The third kappa shape index (κ3) is 14.2. The highest BCUT2D eigenvalue weighted by Crippen LogP contribution is 2.09. The van der Waals surface area contributed by atoms with Crippen LogP contribution in [0.15, 0.2) is 4.99 Å². The molecule has 0 aromatic rings. The van der Waals surface area contributed by atoms with Gasteiger partial charge < -0.3 is 31.6 Å². The first kappa shape index (κ1) is 23.2. The number of guanidine groups is 1. The molecule has 0 rings (SSSR count). The number of aliphatic imine (C=N–C) groups is 1. The summed E-state index contributed by atoms with van der Waals surface area (Å²) >= 11 is 0. The third-order valence-electron chi connectivity index (χ3n) is 3.24. The van der Waals surface area contributed by atoms with Crippen LogP contribution in [0.3, 0.4) is 0 Å². The number of nitrogens with zero attached hydrogens (tertiary/aromatic N) is 1. The molecule has 0 aliphatic carbocycles. The van der Waals surface area contributed by atoms with E-state index in [-0.39, 0.29) is 18.0 Å². The van der Waals surface area contributed by atoms with Gasteiger partial charge in [-0.05, 0) is 46.0 Å². The van der Waals surface area contributed by atoms with Crippen molar-refractivity contribution < 1.29 is 14.3 Å². The van der Waals surface area contributed by atoms with E-state index in [1.165, 1.54) is 0 Å². The fraction of sp³-hybridized carbons (Fsp3) is 0.824. The Morgan fingerprint density at radius 3 is 2.40 bits per heavy atom. The number of nitrogens with one attached hydrogen (secondary N) is 2. The highest BCUT2D eigenvalue weighted by Gasteiger charge is 2.21. The molecule has 6 N–H and O–H groups in total. The van der Waals surface area contributed by atoms with E-state index in [9.17, 15) is 9.59 Å². The number of amides is 1. The van der Waals surface area contributed by atoms with E-state index < -0.39 is 11.7 Å². The number of nitrogens with two attached hydrogens (primary N) is 2. The summed E-state index contributed by atoms with van der Waals surface area (Å²) in [5, 5.41) is 6.05. The van der Waals surface area contributed by atoms with Crippen molar-refractivity contribution in [1.82, 2.24) is 10.6 Å². The quantitative estimate of drug-likeness (QED) is 0.190. The van der Waals surface area contributed by atoms with Crippen LogP contribution in [0, 0.1) is 5.92 Å². The third-order valence-corrected chi connectivity index (χ3v) is 3.24. The van der Waals surface area contributed by atoms with E-state index in [1.807, 2.05) is 20.8 Å². The normalized spacial score (nSPS) is 13.8. The number of carbonyl (C=O) groups is 2. The summed E-state index contributed by atoms with van der Waals surface area (Å²) in [6.45, 7) is 10.6. The van der Waals surface area contributed by atoms with Crippen LogP contribution >= 0.6 is 0 Å². The first-order chi connectivity index (χ1) is 11.5. The van der Waals surface area contributed by atoms with Gasteiger partial charge in [0.2, 0.25) is 0 Å². The lowest BCUT2D eigenvalue weighted by Gasteiger charge is -2.25. The van der Waals surface area contributed by atoms with Crippen molar-refractivity contribution in [2.45, 2.75) is 71.6 Å². The molecule has 0 bridgehead atoms. The van der Waals surface area contributed by atoms with E-state index in [2.05, 4.69) is 29.5 Å². The number of ether oxygens (including phenoxy) is 1. The summed E-state index contributed by atoms with van der Waals surface area (Å²) in [4.78, 5) is 27.1. The highest BCUT2D eigenvalue weighted by molar-refractivity contribution is 5.75. The van der Waals surface area contributed by atoms with Gasteiger partial charge in [0.1, 0.15) is 11.9 Å². The lowest BCUT2D eigenvalue weighted by molar-refractivity contribution is -0.109. The van der Waals surface area contributed by atoms with E-state index in [4.69, 9.17) is 16.2 Å². The molecule has 0 aliphatic heterocycles. The monoisotopic (exact) mass is 357 g/mol. The van der Waals surface area contributed by atoms with Gasteiger partial charge in [0.15, 0.2) is 5.96 Å². The van der Waals surface area contributed by atoms with Crippen LogP contribution in [0.1, 0.15) is 53.9 Å². The summed E-state index contributed by atoms with van der Waals surface area (Å²) in [6, 6.07) is -0.417. The standard InChI is InChI=1S/C17H35N5O3/c1-12(2)9-14(22-16(24)25-17(3,4)5)10-21-13(11-23)7-6-8-20-15(18)19/h11-14,21H,6-10H2,1-5H3,(H,22,24)(H4,18,19,20)/t13-,14-/m0/s1. The maximum absolute atomic E-state index is 12.0. The Bertz CT molecular complexity index is 428. The van der Waals surface area contributed by atoms with E-state index in [0.29, 0.717) is 31.8 Å². The minimum Gasteiger partial charge on any atom is -0.444 e. The molecule has 1 amide bonds. The molecule has 0 saturated carbocycles. The van der Waals surface area contributed by atoms with Gasteiger partial charge in [0.25, 0.3) is 0 Å². The van der Waals surface area contributed by atoms with Gasteiger partial charge in [0.05, 0.1) is 6.04 Å². The number of hydrogen-bond donors (Lipinski definition) is 4. The van der Waals surface area contributed by atoms with Crippen molar-refractivity contribution in [1.29, 1.82) is 0 Å². The maximum Gasteiger partial charge on any atom is 0.407 e. The molecule has 0 unspecified atom stereocenters. The molecule has 0 saturated heterocycles. The van der Waals surface area contributed by atoms with Crippen LogP contribution < -0.4 is 22.1 Å². The SMILES string of the molecule is CC(C)C[C@@H](CN[C@H](C=O)CCCN=C(N)N)NC(=O)OC(C)(C)C. The van der Waals surface area contributed by atoms with Gasteiger partial charge in [-0.25, -0.2) is 4.79 Å². The molecule has 8 nitrogen and oxygen atoms in total. The predicted molar refractivity (Wildman–Crippen MR) is 100 cm³/mol. The smallest absolute Gasteiger partial charge is 0.407 e. The Balaban J connectivity index is 4.46. The fourth-order valence-corrected chi connectivity index (χ4v) is 2.27. The van der Waals surface area contributed by atoms with Gasteiger partial charge >= 0.3 is 6.09 Å². The zero-order valence-electron chi connectivity index (χ0n) is 16.2. The van der Waals surface area contributed by atoms with Gasteiger partial charge in [-0.15, -0.1) is 0 Å². The Morgan fingerprint density at radius 2 is 1.92 bits per heavy atom. The van der Waals surface area contributed by atoms with Gasteiger partial charge in [-0.1, -0.05) is 13.8 Å². The van der Waals surface area contributed by atoms with Crippen molar-refractivity contribution in [3.63, 3.8) is 0 Å². The van der Waals surface area contributed by atoms with Gasteiger partial charge in [-0.3, -0.25) is 4.99 Å². The minimum absolute atomic E-state index is 0.0502. The Hall–Kier alpha value is -1.83. The molecule has 0 aliphatic rings. The molecule has 0 aromatic carbocycles. The second-order valence-electron chi connectivity index (χ2n) is 7.57. The maximum atomic E-state index is 12.0. The molecule has 8 heteroatoms. The summed E-state index contributed by atoms with van der Waals surface area (Å²) in [7, 11) is 0. The lowest BCUT2D eigenvalue weighted by atomic mass is 10.0. The molecule has 0 fully saturated rings. The molecule has 146 valence electrons. The van der Waals surface area contributed by atoms with Crippen molar-refractivity contribution in [3.05, 3.63) is 0 Å². The summed E-state index contributed by atoms with van der Waals surface area (Å²) in [5.74, 6) is 0.451. The Labute approximate surface area is 151 Å². The van der Waals surface area contributed by atoms with Crippen LogP contribution in [-0.2, 0) is 9.53 Å². The minimum atomic E-state index is -0.545. The highest BCUT2D eigenvalue weighted by atomic mass is 16.6. The van der Waals surface area contributed by atoms with Gasteiger partial charge in [0, 0.05) is 19.1 Å². The molecule has 0 aromatic heterocycles. The summed E-state index contributed by atoms with van der Waals surface area (Å²) in [6.07, 6.45) is 2.53. The van der Waals surface area contributed by atoms with Gasteiger partial charge in [-0.2, -0.15) is 0 Å². The number of aldehydes is 1. The molecule has 25 heavy (non-hydrogen) atoms. The second kappa shape index (κ2) is 11.7. The predicted octanol–water partition coefficient (Wildman–Crippen LogP) is 1.14. The van der Waals surface area contributed by atoms with Crippen molar-refractivity contribution in [2.75, 3.05) is 13.1 Å². The van der Waals surface area contributed by atoms with Crippen LogP contribution in [0.25, 0.3) is 0 Å². The first-order valence-corrected chi connectivity index (χ1v) is 8.77. The summed E-state index contributed by atoms with van der Waals surface area (Å²) < 4.78 is 5.30. The number of alkyl carbamates (subject to hydrolysis) is 1. The number of rotatable bonds is 11. The Kier molecular flexibility index (Phi) is 10.8. The first-order valence-electron chi connectivity index (χ1n) is 8.77. The average Bonchev–Trinajstić information content (AvgIpc) is 2.43. The molecular formula is C17H35N5O3. The van der Waals surface area contributed by atoms with E-state index in [1.54, 1.807) is 0 Å². The average molecular weight is 357 g/mol. The largest absolute Gasteiger partial charge is 0.444 e. The van der Waals surface area contributed by atoms with Crippen molar-refractivity contribution >= 4 is 18.3 Å². The molecule has 0 radical (unpaired) electrons. The second-order valence-corrected chi connectivity index (χ2v) is 7.57. The van der Waals surface area contributed by atoms with E-state index >= 15 is 0 Å². The number of hydrogen-bond acceptors (Lipinski definition) is 5. The molecule has 0 heterocycles. The van der Waals surface area contributed by atoms with Crippen LogP contribution in [0.4, 0.5) is 4.79 Å². The summed E-state index contributed by atoms with van der Waals surface area (Å²) in [5.41, 5.74) is 9.99. The van der Waals surface area contributed by atoms with E-state index in [0.717, 1.165) is 12.7 Å². The molecule has 2 atom stereocenters.